The van der Waals surface area contributed by atoms with Gasteiger partial charge in [0, 0.05) is 11.8 Å². The molecule has 0 aromatic rings. The average molecular weight is 123 g/mol. The average Bonchev–Trinajstić information content (AvgIpc) is 1.65. The van der Waals surface area contributed by atoms with Crippen molar-refractivity contribution in [3.63, 3.8) is 0 Å². The van der Waals surface area contributed by atoms with E-state index in [1.54, 1.807) is 6.92 Å². The molecule has 0 aromatic carbocycles. The fraction of sp³-hybridized carbons (Fsp3) is 0.667. The molecular formula is C3H7ClN2O. The number of nitrogens with two attached hydrogens (primary N) is 1. The fourth-order valence-corrected chi connectivity index (χ4v) is 0.258. The minimum Gasteiger partial charge on any atom is -0.320 e. The predicted octanol–water partition coefficient (Wildman–Crippen LogP) is -0.396. The summed E-state index contributed by atoms with van der Waals surface area (Å²) in [5.74, 6) is -0.360. The summed E-state index contributed by atoms with van der Waals surface area (Å²) in [4.78, 5) is 12.0. The van der Waals surface area contributed by atoms with E-state index in [1.807, 2.05) is 4.84 Å². The highest BCUT2D eigenvalue weighted by Crippen LogP contribution is 1.73. The summed E-state index contributed by atoms with van der Waals surface area (Å²) >= 11 is 4.87. The van der Waals surface area contributed by atoms with Gasteiger partial charge in [0.25, 0.3) is 5.91 Å². The number of nitrogens with one attached hydrogen (secondary N) is 1. The number of rotatable bonds is 1. The lowest BCUT2D eigenvalue weighted by atomic mass is 10.4. The Morgan fingerprint density at radius 1 is 2.00 bits per heavy atom. The third kappa shape index (κ3) is 2.42. The molecule has 0 radical (unpaired) electrons. The molecule has 0 rings (SSSR count). The van der Waals surface area contributed by atoms with E-state index in [9.17, 15) is 4.79 Å². The molecule has 0 aliphatic rings. The largest absolute Gasteiger partial charge is 0.320 e. The van der Waals surface area contributed by atoms with Crippen LogP contribution in [0, 0.1) is 0 Å². The Kier molecular flexibility index (Phi) is 2.71. The molecule has 0 aromatic heterocycles. The topological polar surface area (TPSA) is 55.1 Å². The van der Waals surface area contributed by atoms with Crippen LogP contribution in [0.25, 0.3) is 0 Å². The number of amides is 1. The zero-order chi connectivity index (χ0) is 5.86. The Morgan fingerprint density at radius 3 is 2.43 bits per heavy atom. The second-order valence-corrected chi connectivity index (χ2v) is 1.44. The van der Waals surface area contributed by atoms with E-state index in [1.165, 1.54) is 0 Å². The molecule has 42 valence electrons. The normalized spacial score (nSPS) is 13.0. The third-order valence-electron chi connectivity index (χ3n) is 0.507. The van der Waals surface area contributed by atoms with Gasteiger partial charge in [0.15, 0.2) is 0 Å². The minimum absolute atomic E-state index is 0.360. The molecule has 1 amide bonds. The first kappa shape index (κ1) is 6.72. The van der Waals surface area contributed by atoms with Gasteiger partial charge in [-0.05, 0) is 6.92 Å². The molecule has 1 atom stereocenters. The summed E-state index contributed by atoms with van der Waals surface area (Å²) in [6.45, 7) is 1.55. The smallest absolute Gasteiger partial charge is 0.250 e. The third-order valence-corrected chi connectivity index (χ3v) is 0.693. The second kappa shape index (κ2) is 2.82. The van der Waals surface area contributed by atoms with Gasteiger partial charge in [-0.1, -0.05) is 0 Å². The lowest BCUT2D eigenvalue weighted by Crippen LogP contribution is -2.33. The fourth-order valence-electron chi connectivity index (χ4n) is 0.0861. The van der Waals surface area contributed by atoms with E-state index < -0.39 is 6.04 Å². The van der Waals surface area contributed by atoms with Crippen LogP contribution in [0.3, 0.4) is 0 Å². The van der Waals surface area contributed by atoms with Gasteiger partial charge in [0.05, 0.1) is 6.04 Å². The van der Waals surface area contributed by atoms with Crippen LogP contribution in [0.2, 0.25) is 0 Å². The highest BCUT2D eigenvalue weighted by Gasteiger charge is 2.02. The molecule has 0 heterocycles. The standard InChI is InChI=1S/C3H7ClN2O/c1-2(5)3(7)6-4/h2H,5H2,1H3,(H,6,7). The summed E-state index contributed by atoms with van der Waals surface area (Å²) in [6.07, 6.45) is 0. The first-order valence-corrected chi connectivity index (χ1v) is 2.22. The number of hydrogen-bond acceptors (Lipinski definition) is 2. The summed E-state index contributed by atoms with van der Waals surface area (Å²) < 4.78 is 0. The zero-order valence-electron chi connectivity index (χ0n) is 3.94. The van der Waals surface area contributed by atoms with E-state index in [4.69, 9.17) is 17.5 Å². The first-order valence-electron chi connectivity index (χ1n) is 1.84. The molecule has 0 aliphatic carbocycles. The Morgan fingerprint density at radius 2 is 2.43 bits per heavy atom. The number of halogens is 1. The Bertz CT molecular complexity index is 73.3. The monoisotopic (exact) mass is 122 g/mol. The second-order valence-electron chi connectivity index (χ2n) is 1.25. The van der Waals surface area contributed by atoms with Gasteiger partial charge in [0.1, 0.15) is 0 Å². The maximum absolute atomic E-state index is 10.1. The van der Waals surface area contributed by atoms with Gasteiger partial charge in [-0.25, -0.2) is 0 Å². The van der Waals surface area contributed by atoms with Crippen molar-refractivity contribution in [3.05, 3.63) is 0 Å². The molecule has 3 N–H and O–H groups in total. The van der Waals surface area contributed by atoms with Crippen molar-refractivity contribution in [2.45, 2.75) is 13.0 Å². The van der Waals surface area contributed by atoms with Crippen molar-refractivity contribution in [2.75, 3.05) is 0 Å². The number of hydrogen-bond donors (Lipinski definition) is 2. The molecule has 0 spiro atoms. The van der Waals surface area contributed by atoms with E-state index in [2.05, 4.69) is 0 Å². The number of carbonyl (C=O) groups excluding carboxylic acids is 1. The summed E-state index contributed by atoms with van der Waals surface area (Å²) in [5.41, 5.74) is 5.05. The molecule has 3 nitrogen and oxygen atoms in total. The van der Waals surface area contributed by atoms with Crippen LogP contribution < -0.4 is 10.6 Å². The molecule has 0 bridgehead atoms. The summed E-state index contributed by atoms with van der Waals surface area (Å²) in [7, 11) is 0. The molecule has 0 fully saturated rings. The van der Waals surface area contributed by atoms with Gasteiger partial charge in [-0.3, -0.25) is 9.63 Å². The van der Waals surface area contributed by atoms with E-state index in [-0.39, 0.29) is 5.91 Å². The Hall–Kier alpha value is -0.280. The van der Waals surface area contributed by atoms with Gasteiger partial charge < -0.3 is 5.73 Å². The van der Waals surface area contributed by atoms with Crippen LogP contribution >= 0.6 is 11.8 Å². The zero-order valence-corrected chi connectivity index (χ0v) is 4.70. The van der Waals surface area contributed by atoms with Crippen LogP contribution in [0.15, 0.2) is 0 Å². The van der Waals surface area contributed by atoms with Gasteiger partial charge in [-0.2, -0.15) is 0 Å². The highest BCUT2D eigenvalue weighted by molar-refractivity contribution is 6.22. The van der Waals surface area contributed by atoms with Crippen molar-refractivity contribution in [1.82, 2.24) is 4.84 Å². The summed E-state index contributed by atoms with van der Waals surface area (Å²) in [6, 6.07) is -0.516. The van der Waals surface area contributed by atoms with Crippen LogP contribution in [0.1, 0.15) is 6.92 Å². The minimum atomic E-state index is -0.516. The molecule has 0 saturated heterocycles. The number of carbonyl (C=O) groups is 1. The predicted molar refractivity (Wildman–Crippen MR) is 27.6 cm³/mol. The van der Waals surface area contributed by atoms with Crippen molar-refractivity contribution < 1.29 is 4.79 Å². The lowest BCUT2D eigenvalue weighted by molar-refractivity contribution is -0.120. The van der Waals surface area contributed by atoms with E-state index in [0.717, 1.165) is 0 Å². The molecule has 1 unspecified atom stereocenters. The van der Waals surface area contributed by atoms with E-state index in [0.29, 0.717) is 0 Å². The van der Waals surface area contributed by atoms with Crippen molar-refractivity contribution >= 4 is 17.7 Å². The molecular weight excluding hydrogens is 115 g/mol. The SMILES string of the molecule is CC(N)C(=O)NCl. The lowest BCUT2D eigenvalue weighted by Gasteiger charge is -1.97. The molecule has 0 aliphatic heterocycles. The Labute approximate surface area is 46.9 Å². The van der Waals surface area contributed by atoms with Gasteiger partial charge in [0.2, 0.25) is 0 Å². The molecule has 0 saturated carbocycles. The van der Waals surface area contributed by atoms with Crippen LogP contribution in [-0.4, -0.2) is 11.9 Å². The maximum Gasteiger partial charge on any atom is 0.250 e. The maximum atomic E-state index is 10.1. The van der Waals surface area contributed by atoms with Crippen molar-refractivity contribution in [3.8, 4) is 0 Å². The van der Waals surface area contributed by atoms with Crippen molar-refractivity contribution in [2.24, 2.45) is 5.73 Å². The quantitative estimate of drug-likeness (QED) is 0.465. The molecule has 4 heteroatoms. The van der Waals surface area contributed by atoms with Crippen LogP contribution in [-0.2, 0) is 4.79 Å². The molecule has 7 heavy (non-hydrogen) atoms. The van der Waals surface area contributed by atoms with E-state index >= 15 is 0 Å². The van der Waals surface area contributed by atoms with Crippen LogP contribution in [0.4, 0.5) is 0 Å². The highest BCUT2D eigenvalue weighted by atomic mass is 35.5. The Balaban J connectivity index is 3.35. The first-order chi connectivity index (χ1) is 3.18. The van der Waals surface area contributed by atoms with Gasteiger partial charge in [-0.15, -0.1) is 0 Å². The van der Waals surface area contributed by atoms with Crippen molar-refractivity contribution in [1.29, 1.82) is 0 Å². The van der Waals surface area contributed by atoms with Gasteiger partial charge >= 0.3 is 0 Å². The van der Waals surface area contributed by atoms with Crippen LogP contribution in [0.5, 0.6) is 0 Å². The summed E-state index contributed by atoms with van der Waals surface area (Å²) in [5, 5.41) is 0.